The zero-order chi connectivity index (χ0) is 22.2. The van der Waals surface area contributed by atoms with Crippen LogP contribution in [0.25, 0.3) is 0 Å². The number of amides is 1. The lowest BCUT2D eigenvalue weighted by molar-refractivity contribution is 0.174. The summed E-state index contributed by atoms with van der Waals surface area (Å²) >= 11 is 0. The molecule has 0 spiro atoms. The van der Waals surface area contributed by atoms with Crippen LogP contribution < -0.4 is 5.32 Å². The fourth-order valence-corrected chi connectivity index (χ4v) is 2.84. The first-order valence-electron chi connectivity index (χ1n) is 10.8. The molecule has 0 bridgehead atoms. The van der Waals surface area contributed by atoms with Gasteiger partial charge in [-0.05, 0) is 91.4 Å². The summed E-state index contributed by atoms with van der Waals surface area (Å²) in [6.45, 7) is 11.1. The number of allylic oxidation sites excluding steroid dienone is 7. The Labute approximate surface area is 182 Å². The van der Waals surface area contributed by atoms with Crippen molar-refractivity contribution in [1.29, 1.82) is 0 Å². The second-order valence-corrected chi connectivity index (χ2v) is 8.01. The molecule has 0 fully saturated rings. The molecule has 0 unspecified atom stereocenters. The van der Waals surface area contributed by atoms with E-state index in [0.29, 0.717) is 5.69 Å². The van der Waals surface area contributed by atoms with E-state index < -0.39 is 6.09 Å². The van der Waals surface area contributed by atoms with Gasteiger partial charge < -0.3 is 4.74 Å². The molecule has 1 aromatic heterocycles. The fourth-order valence-electron chi connectivity index (χ4n) is 2.84. The molecule has 4 nitrogen and oxygen atoms in total. The predicted octanol–water partition coefficient (Wildman–Crippen LogP) is 7.78. The number of hydrogen-bond acceptors (Lipinski definition) is 3. The molecule has 4 heteroatoms. The Balaban J connectivity index is 2.21. The molecule has 1 amide bonds. The SMILES string of the molecule is CC(C)=CCCC(C)=CCCC(C)=CCCC(C)=CCOC(=O)Nc1ccncc1. The van der Waals surface area contributed by atoms with E-state index in [1.54, 1.807) is 24.5 Å². The third-order valence-corrected chi connectivity index (χ3v) is 4.73. The summed E-state index contributed by atoms with van der Waals surface area (Å²) in [6, 6.07) is 3.44. The molecule has 0 saturated heterocycles. The second kappa shape index (κ2) is 15.3. The predicted molar refractivity (Wildman–Crippen MR) is 128 cm³/mol. The summed E-state index contributed by atoms with van der Waals surface area (Å²) in [5, 5.41) is 2.67. The highest BCUT2D eigenvalue weighted by Crippen LogP contribution is 2.13. The van der Waals surface area contributed by atoms with Gasteiger partial charge in [-0.15, -0.1) is 0 Å². The smallest absolute Gasteiger partial charge is 0.411 e. The van der Waals surface area contributed by atoms with Gasteiger partial charge in [-0.1, -0.05) is 40.5 Å². The van der Waals surface area contributed by atoms with Crippen LogP contribution in [0.1, 0.15) is 73.1 Å². The lowest BCUT2D eigenvalue weighted by atomic mass is 10.0. The lowest BCUT2D eigenvalue weighted by Crippen LogP contribution is -2.13. The van der Waals surface area contributed by atoms with E-state index in [9.17, 15) is 4.79 Å². The maximum absolute atomic E-state index is 11.7. The van der Waals surface area contributed by atoms with Crippen LogP contribution in [0.3, 0.4) is 0 Å². The normalized spacial score (nSPS) is 12.5. The minimum atomic E-state index is -0.454. The van der Waals surface area contributed by atoms with Crippen molar-refractivity contribution in [2.45, 2.75) is 73.1 Å². The van der Waals surface area contributed by atoms with Gasteiger partial charge in [0.1, 0.15) is 6.61 Å². The first-order valence-corrected chi connectivity index (χ1v) is 10.8. The first kappa shape index (κ1) is 25.4. The van der Waals surface area contributed by atoms with Crippen LogP contribution >= 0.6 is 0 Å². The van der Waals surface area contributed by atoms with Gasteiger partial charge in [0.2, 0.25) is 0 Å². The van der Waals surface area contributed by atoms with E-state index in [1.165, 1.54) is 22.3 Å². The second-order valence-electron chi connectivity index (χ2n) is 8.01. The number of nitrogens with zero attached hydrogens (tertiary/aromatic N) is 1. The van der Waals surface area contributed by atoms with Crippen molar-refractivity contribution in [1.82, 2.24) is 4.98 Å². The molecule has 0 saturated carbocycles. The van der Waals surface area contributed by atoms with Crippen molar-refractivity contribution in [2.75, 3.05) is 11.9 Å². The minimum absolute atomic E-state index is 0.280. The number of aromatic nitrogens is 1. The molecular formula is C26H38N2O2. The first-order chi connectivity index (χ1) is 14.4. The molecule has 0 radical (unpaired) electrons. The minimum Gasteiger partial charge on any atom is -0.445 e. The van der Waals surface area contributed by atoms with Gasteiger partial charge in [0.05, 0.1) is 0 Å². The summed E-state index contributed by atoms with van der Waals surface area (Å²) in [5.41, 5.74) is 6.21. The number of ether oxygens (including phenoxy) is 1. The van der Waals surface area contributed by atoms with Crippen LogP contribution in [-0.2, 0) is 4.74 Å². The number of carbonyl (C=O) groups is 1. The van der Waals surface area contributed by atoms with Crippen LogP contribution in [0.2, 0.25) is 0 Å². The van der Waals surface area contributed by atoms with Crippen molar-refractivity contribution in [2.24, 2.45) is 0 Å². The van der Waals surface area contributed by atoms with E-state index >= 15 is 0 Å². The third-order valence-electron chi connectivity index (χ3n) is 4.73. The fraction of sp³-hybridized carbons (Fsp3) is 0.462. The quantitative estimate of drug-likeness (QED) is 0.358. The van der Waals surface area contributed by atoms with Crippen molar-refractivity contribution in [3.63, 3.8) is 0 Å². The summed E-state index contributed by atoms with van der Waals surface area (Å²) in [6.07, 6.45) is 18.3. The zero-order valence-corrected chi connectivity index (χ0v) is 19.3. The Morgan fingerprint density at radius 2 is 1.33 bits per heavy atom. The maximum Gasteiger partial charge on any atom is 0.411 e. The summed E-state index contributed by atoms with van der Waals surface area (Å²) in [7, 11) is 0. The summed E-state index contributed by atoms with van der Waals surface area (Å²) in [4.78, 5) is 15.6. The number of anilines is 1. The third kappa shape index (κ3) is 13.5. The topological polar surface area (TPSA) is 51.2 Å². The molecular weight excluding hydrogens is 372 g/mol. The van der Waals surface area contributed by atoms with Gasteiger partial charge in [-0.2, -0.15) is 0 Å². The Hall–Kier alpha value is -2.62. The van der Waals surface area contributed by atoms with Crippen molar-refractivity contribution < 1.29 is 9.53 Å². The van der Waals surface area contributed by atoms with Crippen molar-refractivity contribution >= 4 is 11.8 Å². The number of rotatable bonds is 12. The molecule has 0 aliphatic carbocycles. The van der Waals surface area contributed by atoms with Crippen LogP contribution in [0.4, 0.5) is 10.5 Å². The molecule has 164 valence electrons. The van der Waals surface area contributed by atoms with Gasteiger partial charge in [-0.3, -0.25) is 10.3 Å². The van der Waals surface area contributed by atoms with E-state index in [2.05, 4.69) is 63.1 Å². The number of nitrogens with one attached hydrogen (secondary N) is 1. The molecule has 1 N–H and O–H groups in total. The highest BCUT2D eigenvalue weighted by molar-refractivity contribution is 5.84. The van der Waals surface area contributed by atoms with Crippen molar-refractivity contribution in [3.8, 4) is 0 Å². The molecule has 0 atom stereocenters. The van der Waals surface area contributed by atoms with Crippen molar-refractivity contribution in [3.05, 3.63) is 71.1 Å². The monoisotopic (exact) mass is 410 g/mol. The van der Waals surface area contributed by atoms with E-state index in [1.807, 2.05) is 6.08 Å². The largest absolute Gasteiger partial charge is 0.445 e. The van der Waals surface area contributed by atoms with Gasteiger partial charge in [0.25, 0.3) is 0 Å². The average molecular weight is 411 g/mol. The molecule has 1 heterocycles. The molecule has 0 aliphatic rings. The summed E-state index contributed by atoms with van der Waals surface area (Å²) < 4.78 is 5.19. The van der Waals surface area contributed by atoms with Gasteiger partial charge in [0, 0.05) is 18.1 Å². The van der Waals surface area contributed by atoms with E-state index in [4.69, 9.17) is 4.74 Å². The maximum atomic E-state index is 11.7. The Morgan fingerprint density at radius 1 is 0.833 bits per heavy atom. The Bertz CT molecular complexity index is 754. The molecule has 1 aromatic rings. The highest BCUT2D eigenvalue weighted by atomic mass is 16.5. The molecule has 0 aliphatic heterocycles. The van der Waals surface area contributed by atoms with Crippen LogP contribution in [0, 0.1) is 0 Å². The van der Waals surface area contributed by atoms with Gasteiger partial charge in [0.15, 0.2) is 0 Å². The number of carbonyl (C=O) groups excluding carboxylic acids is 1. The lowest BCUT2D eigenvalue weighted by Gasteiger charge is -2.05. The van der Waals surface area contributed by atoms with Crippen LogP contribution in [-0.4, -0.2) is 17.7 Å². The standard InChI is InChI=1S/C26H38N2O2/c1-21(2)9-6-10-22(3)11-7-12-23(4)13-8-14-24(5)17-20-30-26(29)28-25-15-18-27-19-16-25/h9,11,13,15-19H,6-8,10,12,14,20H2,1-5H3,(H,27,28,29). The Morgan fingerprint density at radius 3 is 1.87 bits per heavy atom. The van der Waals surface area contributed by atoms with Gasteiger partial charge in [-0.25, -0.2) is 4.79 Å². The Kier molecular flexibility index (Phi) is 12.9. The number of hydrogen-bond donors (Lipinski definition) is 1. The molecule has 0 aromatic carbocycles. The van der Waals surface area contributed by atoms with Crippen LogP contribution in [0.15, 0.2) is 71.1 Å². The van der Waals surface area contributed by atoms with Crippen LogP contribution in [0.5, 0.6) is 0 Å². The van der Waals surface area contributed by atoms with E-state index in [-0.39, 0.29) is 6.61 Å². The highest BCUT2D eigenvalue weighted by Gasteiger charge is 2.01. The molecule has 30 heavy (non-hydrogen) atoms. The number of pyridine rings is 1. The average Bonchev–Trinajstić information content (AvgIpc) is 2.68. The zero-order valence-electron chi connectivity index (χ0n) is 19.3. The molecule has 1 rings (SSSR count). The van der Waals surface area contributed by atoms with Gasteiger partial charge >= 0.3 is 6.09 Å². The summed E-state index contributed by atoms with van der Waals surface area (Å²) in [5.74, 6) is 0. The van der Waals surface area contributed by atoms with E-state index in [0.717, 1.165) is 38.5 Å².